The Hall–Kier alpha value is -2.40. The zero-order chi connectivity index (χ0) is 17.4. The maximum atomic E-state index is 12.8. The molecule has 0 aliphatic carbocycles. The number of nitrogens with one attached hydrogen (secondary N) is 1. The molecule has 128 valence electrons. The molecule has 0 saturated heterocycles. The van der Waals surface area contributed by atoms with Crippen LogP contribution in [-0.4, -0.2) is 38.1 Å². The summed E-state index contributed by atoms with van der Waals surface area (Å²) < 4.78 is 18.3. The first-order valence-electron chi connectivity index (χ1n) is 7.95. The van der Waals surface area contributed by atoms with Crippen LogP contribution in [0.5, 0.6) is 5.75 Å². The molecule has 2 aromatic carbocycles. The van der Waals surface area contributed by atoms with Crippen LogP contribution in [0, 0.1) is 5.82 Å². The van der Waals surface area contributed by atoms with Gasteiger partial charge in [-0.25, -0.2) is 4.39 Å². The Kier molecular flexibility index (Phi) is 6.75. The molecule has 2 rings (SSSR count). The van der Waals surface area contributed by atoms with E-state index in [2.05, 4.69) is 5.32 Å². The number of nitrogens with zero attached hydrogens (tertiary/aromatic N) is 1. The van der Waals surface area contributed by atoms with E-state index < -0.39 is 0 Å². The molecule has 1 unspecified atom stereocenters. The summed E-state index contributed by atoms with van der Waals surface area (Å²) in [6.45, 7) is 0.987. The van der Waals surface area contributed by atoms with E-state index in [4.69, 9.17) is 4.74 Å². The van der Waals surface area contributed by atoms with Crippen LogP contribution in [0.3, 0.4) is 0 Å². The molecule has 0 fully saturated rings. The van der Waals surface area contributed by atoms with E-state index in [1.165, 1.54) is 12.1 Å². The van der Waals surface area contributed by atoms with Gasteiger partial charge in [-0.1, -0.05) is 30.3 Å². The highest BCUT2D eigenvalue weighted by Crippen LogP contribution is 2.17. The van der Waals surface area contributed by atoms with E-state index in [-0.39, 0.29) is 17.8 Å². The molecule has 5 heteroatoms. The number of benzene rings is 2. The molecule has 0 aliphatic rings. The molecule has 0 spiro atoms. The Labute approximate surface area is 142 Å². The maximum Gasteiger partial charge on any atom is 0.241 e. The average Bonchev–Trinajstić information content (AvgIpc) is 2.57. The highest BCUT2D eigenvalue weighted by atomic mass is 19.1. The lowest BCUT2D eigenvalue weighted by Gasteiger charge is -2.23. The van der Waals surface area contributed by atoms with Gasteiger partial charge in [-0.15, -0.1) is 0 Å². The minimum Gasteiger partial charge on any atom is -0.494 e. The van der Waals surface area contributed by atoms with E-state index in [0.717, 1.165) is 5.56 Å². The van der Waals surface area contributed by atoms with Crippen molar-refractivity contribution >= 4 is 5.91 Å². The van der Waals surface area contributed by atoms with Gasteiger partial charge in [0.2, 0.25) is 5.91 Å². The zero-order valence-corrected chi connectivity index (χ0v) is 14.0. The van der Waals surface area contributed by atoms with Crippen LogP contribution >= 0.6 is 0 Å². The Morgan fingerprint density at radius 2 is 1.79 bits per heavy atom. The number of halogens is 1. The Morgan fingerprint density at radius 1 is 1.12 bits per heavy atom. The molecule has 0 aliphatic heterocycles. The molecule has 0 aromatic heterocycles. The molecule has 2 aromatic rings. The first kappa shape index (κ1) is 17.9. The number of ether oxygens (including phenoxy) is 1. The molecule has 0 radical (unpaired) electrons. The normalized spacial score (nSPS) is 12.0. The van der Waals surface area contributed by atoms with E-state index in [9.17, 15) is 9.18 Å². The summed E-state index contributed by atoms with van der Waals surface area (Å²) in [5, 5.41) is 2.94. The number of hydrogen-bond donors (Lipinski definition) is 1. The van der Waals surface area contributed by atoms with Crippen LogP contribution in [0.4, 0.5) is 4.39 Å². The fourth-order valence-corrected chi connectivity index (χ4v) is 2.42. The van der Waals surface area contributed by atoms with E-state index in [0.29, 0.717) is 25.3 Å². The second-order valence-corrected chi connectivity index (χ2v) is 5.72. The molecule has 1 atom stereocenters. The summed E-state index contributed by atoms with van der Waals surface area (Å²) in [4.78, 5) is 14.3. The van der Waals surface area contributed by atoms with Gasteiger partial charge in [-0.2, -0.15) is 0 Å². The molecule has 0 heterocycles. The SMILES string of the molecule is CN(C)C(C(=O)NCCCOc1ccc(F)cc1)c1ccccc1. The first-order chi connectivity index (χ1) is 11.6. The lowest BCUT2D eigenvalue weighted by atomic mass is 10.1. The van der Waals surface area contributed by atoms with Gasteiger partial charge < -0.3 is 10.1 Å². The summed E-state index contributed by atoms with van der Waals surface area (Å²) in [5.41, 5.74) is 0.961. The molecule has 0 saturated carbocycles. The van der Waals surface area contributed by atoms with Gasteiger partial charge in [0.15, 0.2) is 0 Å². The van der Waals surface area contributed by atoms with Crippen molar-refractivity contribution in [2.75, 3.05) is 27.2 Å². The van der Waals surface area contributed by atoms with Crippen LogP contribution in [-0.2, 0) is 4.79 Å². The largest absolute Gasteiger partial charge is 0.494 e. The van der Waals surface area contributed by atoms with Crippen LogP contribution in [0.15, 0.2) is 54.6 Å². The number of hydrogen-bond acceptors (Lipinski definition) is 3. The fourth-order valence-electron chi connectivity index (χ4n) is 2.42. The topological polar surface area (TPSA) is 41.6 Å². The predicted octanol–water partition coefficient (Wildman–Crippen LogP) is 3.01. The second-order valence-electron chi connectivity index (χ2n) is 5.72. The van der Waals surface area contributed by atoms with Crippen molar-refractivity contribution in [2.24, 2.45) is 0 Å². The number of carbonyl (C=O) groups excluding carboxylic acids is 1. The lowest BCUT2D eigenvalue weighted by Crippen LogP contribution is -2.37. The van der Waals surface area contributed by atoms with Gasteiger partial charge in [0.25, 0.3) is 0 Å². The number of likely N-dealkylation sites (N-methyl/N-ethyl adjacent to an activating group) is 1. The second kappa shape index (κ2) is 9.03. The third kappa shape index (κ3) is 5.35. The van der Waals surface area contributed by atoms with Gasteiger partial charge in [-0.05, 0) is 50.3 Å². The van der Waals surface area contributed by atoms with Gasteiger partial charge in [0, 0.05) is 6.54 Å². The molecule has 1 N–H and O–H groups in total. The van der Waals surface area contributed by atoms with Crippen molar-refractivity contribution in [3.8, 4) is 5.75 Å². The third-order valence-electron chi connectivity index (χ3n) is 3.58. The van der Waals surface area contributed by atoms with Crippen molar-refractivity contribution in [2.45, 2.75) is 12.5 Å². The van der Waals surface area contributed by atoms with Crippen molar-refractivity contribution < 1.29 is 13.9 Å². The molecule has 24 heavy (non-hydrogen) atoms. The van der Waals surface area contributed by atoms with Gasteiger partial charge >= 0.3 is 0 Å². The highest BCUT2D eigenvalue weighted by Gasteiger charge is 2.21. The predicted molar refractivity (Wildman–Crippen MR) is 92.4 cm³/mol. The van der Waals surface area contributed by atoms with E-state index >= 15 is 0 Å². The van der Waals surface area contributed by atoms with Crippen LogP contribution in [0.2, 0.25) is 0 Å². The Bertz CT molecular complexity index is 630. The van der Waals surface area contributed by atoms with Gasteiger partial charge in [0.1, 0.15) is 17.6 Å². The highest BCUT2D eigenvalue weighted by molar-refractivity contribution is 5.83. The van der Waals surface area contributed by atoms with E-state index in [1.807, 2.05) is 49.3 Å². The molecule has 4 nitrogen and oxygen atoms in total. The minimum atomic E-state index is -0.316. The summed E-state index contributed by atoms with van der Waals surface area (Å²) in [7, 11) is 3.77. The standard InChI is InChI=1S/C19H23FN2O2/c1-22(2)18(15-7-4-3-5-8-15)19(23)21-13-6-14-24-17-11-9-16(20)10-12-17/h3-5,7-12,18H,6,13-14H2,1-2H3,(H,21,23). The summed E-state index contributed by atoms with van der Waals surface area (Å²) in [5.74, 6) is 0.302. The Morgan fingerprint density at radius 3 is 2.42 bits per heavy atom. The van der Waals surface area contributed by atoms with Crippen molar-refractivity contribution in [1.82, 2.24) is 10.2 Å². The van der Waals surface area contributed by atoms with E-state index in [1.54, 1.807) is 12.1 Å². The smallest absolute Gasteiger partial charge is 0.241 e. The van der Waals surface area contributed by atoms with Crippen LogP contribution in [0.25, 0.3) is 0 Å². The monoisotopic (exact) mass is 330 g/mol. The van der Waals surface area contributed by atoms with Gasteiger partial charge in [-0.3, -0.25) is 9.69 Å². The maximum absolute atomic E-state index is 12.8. The quantitative estimate of drug-likeness (QED) is 0.757. The lowest BCUT2D eigenvalue weighted by molar-refractivity contribution is -0.125. The molecular weight excluding hydrogens is 307 g/mol. The van der Waals surface area contributed by atoms with Crippen LogP contribution in [0.1, 0.15) is 18.0 Å². The minimum absolute atomic E-state index is 0.0343. The van der Waals surface area contributed by atoms with Crippen molar-refractivity contribution in [3.63, 3.8) is 0 Å². The molecule has 0 bridgehead atoms. The zero-order valence-electron chi connectivity index (χ0n) is 14.0. The Balaban J connectivity index is 1.76. The summed E-state index contributed by atoms with van der Waals surface area (Å²) in [6.07, 6.45) is 0.679. The molecule has 1 amide bonds. The summed E-state index contributed by atoms with van der Waals surface area (Å²) >= 11 is 0. The molecular formula is C19H23FN2O2. The average molecular weight is 330 g/mol. The van der Waals surface area contributed by atoms with Crippen LogP contribution < -0.4 is 10.1 Å². The third-order valence-corrected chi connectivity index (χ3v) is 3.58. The van der Waals surface area contributed by atoms with Crippen molar-refractivity contribution in [3.05, 3.63) is 66.0 Å². The summed E-state index contributed by atoms with van der Waals surface area (Å²) in [6, 6.07) is 15.3. The fraction of sp³-hybridized carbons (Fsp3) is 0.316. The number of carbonyl (C=O) groups is 1. The number of amides is 1. The van der Waals surface area contributed by atoms with Crippen molar-refractivity contribution in [1.29, 1.82) is 0 Å². The van der Waals surface area contributed by atoms with Gasteiger partial charge in [0.05, 0.1) is 6.61 Å². The number of rotatable bonds is 8. The first-order valence-corrected chi connectivity index (χ1v) is 7.95.